The van der Waals surface area contributed by atoms with Crippen molar-refractivity contribution >= 4 is 21.8 Å². The molecule has 1 atom stereocenters. The maximum absolute atomic E-state index is 13.3. The lowest BCUT2D eigenvalue weighted by Gasteiger charge is -2.26. The minimum atomic E-state index is -0.452. The topological polar surface area (TPSA) is 40.5 Å². The van der Waals surface area contributed by atoms with Gasteiger partial charge in [-0.05, 0) is 58.7 Å². The number of phenols is 1. The van der Waals surface area contributed by atoms with Crippen molar-refractivity contribution in [3.05, 3.63) is 63.9 Å². The number of hydrogen-bond acceptors (Lipinski definition) is 2. The van der Waals surface area contributed by atoms with E-state index in [1.807, 2.05) is 6.92 Å². The summed E-state index contributed by atoms with van der Waals surface area (Å²) in [5, 5.41) is 9.30. The first-order valence-electron chi connectivity index (χ1n) is 6.41. The fourth-order valence-corrected chi connectivity index (χ4v) is 2.42. The fraction of sp³-hybridized carbons (Fsp3) is 0.188. The van der Waals surface area contributed by atoms with E-state index in [1.54, 1.807) is 31.3 Å². The molecule has 0 bridgehead atoms. The third-order valence-electron chi connectivity index (χ3n) is 3.44. The van der Waals surface area contributed by atoms with Gasteiger partial charge in [-0.2, -0.15) is 0 Å². The highest BCUT2D eigenvalue weighted by Gasteiger charge is 2.21. The molecular formula is C16H15BrFNO2. The van der Waals surface area contributed by atoms with E-state index in [0.29, 0.717) is 4.47 Å². The summed E-state index contributed by atoms with van der Waals surface area (Å²) < 4.78 is 13.9. The Labute approximate surface area is 131 Å². The van der Waals surface area contributed by atoms with Gasteiger partial charge in [0.2, 0.25) is 0 Å². The van der Waals surface area contributed by atoms with E-state index in [9.17, 15) is 14.3 Å². The summed E-state index contributed by atoms with van der Waals surface area (Å²) in [4.78, 5) is 14.0. The van der Waals surface area contributed by atoms with Crippen molar-refractivity contribution in [3.8, 4) is 5.75 Å². The average molecular weight is 352 g/mol. The first-order valence-corrected chi connectivity index (χ1v) is 7.20. The number of rotatable bonds is 3. The first kappa shape index (κ1) is 15.5. The van der Waals surface area contributed by atoms with Crippen LogP contribution in [0, 0.1) is 5.82 Å². The molecule has 0 heterocycles. The van der Waals surface area contributed by atoms with Gasteiger partial charge in [-0.15, -0.1) is 0 Å². The zero-order chi connectivity index (χ0) is 15.6. The molecule has 2 rings (SSSR count). The van der Waals surface area contributed by atoms with E-state index in [1.165, 1.54) is 23.1 Å². The Morgan fingerprint density at radius 1 is 1.24 bits per heavy atom. The largest absolute Gasteiger partial charge is 0.508 e. The molecule has 3 nitrogen and oxygen atoms in total. The van der Waals surface area contributed by atoms with E-state index >= 15 is 0 Å². The molecule has 0 aliphatic rings. The minimum Gasteiger partial charge on any atom is -0.508 e. The van der Waals surface area contributed by atoms with Gasteiger partial charge in [0.1, 0.15) is 11.6 Å². The Morgan fingerprint density at radius 3 is 2.48 bits per heavy atom. The number of amides is 1. The van der Waals surface area contributed by atoms with Crippen LogP contribution >= 0.6 is 15.9 Å². The van der Waals surface area contributed by atoms with Crippen LogP contribution in [0.3, 0.4) is 0 Å². The highest BCUT2D eigenvalue weighted by Crippen LogP contribution is 2.25. The van der Waals surface area contributed by atoms with Crippen molar-refractivity contribution in [3.63, 3.8) is 0 Å². The second kappa shape index (κ2) is 6.26. The van der Waals surface area contributed by atoms with Gasteiger partial charge in [-0.1, -0.05) is 12.1 Å². The zero-order valence-electron chi connectivity index (χ0n) is 11.7. The number of benzene rings is 2. The molecule has 0 spiro atoms. The summed E-state index contributed by atoms with van der Waals surface area (Å²) in [5.74, 6) is -0.554. The van der Waals surface area contributed by atoms with Crippen LogP contribution in [0.5, 0.6) is 5.75 Å². The molecule has 21 heavy (non-hydrogen) atoms. The predicted octanol–water partition coefficient (Wildman–Crippen LogP) is 4.13. The normalized spacial score (nSPS) is 12.0. The van der Waals surface area contributed by atoms with Crippen LogP contribution in [0.25, 0.3) is 0 Å². The van der Waals surface area contributed by atoms with Crippen molar-refractivity contribution < 1.29 is 14.3 Å². The lowest BCUT2D eigenvalue weighted by molar-refractivity contribution is 0.0741. The molecule has 0 saturated carbocycles. The quantitative estimate of drug-likeness (QED) is 0.903. The van der Waals surface area contributed by atoms with Crippen molar-refractivity contribution in [1.29, 1.82) is 0 Å². The summed E-state index contributed by atoms with van der Waals surface area (Å²) in [6, 6.07) is 10.5. The van der Waals surface area contributed by atoms with Crippen LogP contribution in [-0.4, -0.2) is 23.0 Å². The summed E-state index contributed by atoms with van der Waals surface area (Å²) >= 11 is 3.27. The van der Waals surface area contributed by atoms with Gasteiger partial charge in [0.25, 0.3) is 5.91 Å². The van der Waals surface area contributed by atoms with Crippen molar-refractivity contribution in [2.24, 2.45) is 0 Å². The molecule has 0 aromatic heterocycles. The molecule has 2 aromatic carbocycles. The van der Waals surface area contributed by atoms with E-state index < -0.39 is 5.82 Å². The smallest absolute Gasteiger partial charge is 0.255 e. The Morgan fingerprint density at radius 2 is 1.86 bits per heavy atom. The third kappa shape index (κ3) is 3.42. The van der Waals surface area contributed by atoms with Crippen LogP contribution in [0.4, 0.5) is 4.39 Å². The van der Waals surface area contributed by atoms with Gasteiger partial charge < -0.3 is 10.0 Å². The van der Waals surface area contributed by atoms with E-state index in [-0.39, 0.29) is 23.3 Å². The number of nitrogens with zero attached hydrogens (tertiary/aromatic N) is 1. The molecule has 2 aromatic rings. The highest BCUT2D eigenvalue weighted by molar-refractivity contribution is 9.10. The monoisotopic (exact) mass is 351 g/mol. The summed E-state index contributed by atoms with van der Waals surface area (Å²) in [5.41, 5.74) is 1.17. The number of hydrogen-bond donors (Lipinski definition) is 1. The standard InChI is InChI=1S/C16H15BrFNO2/c1-10(11-3-6-13(20)7-4-11)19(2)16(21)14-9-12(18)5-8-15(14)17/h3-10,20H,1-2H3. The Bertz CT molecular complexity index is 658. The van der Waals surface area contributed by atoms with Crippen LogP contribution in [0.2, 0.25) is 0 Å². The molecule has 0 radical (unpaired) electrons. The van der Waals surface area contributed by atoms with E-state index in [0.717, 1.165) is 5.56 Å². The third-order valence-corrected chi connectivity index (χ3v) is 4.13. The van der Waals surface area contributed by atoms with Crippen molar-refractivity contribution in [1.82, 2.24) is 4.90 Å². The Kier molecular flexibility index (Phi) is 4.63. The molecule has 1 unspecified atom stereocenters. The van der Waals surface area contributed by atoms with E-state index in [4.69, 9.17) is 0 Å². The molecule has 110 valence electrons. The maximum atomic E-state index is 13.3. The molecule has 0 fully saturated rings. The lowest BCUT2D eigenvalue weighted by Crippen LogP contribution is -2.30. The molecule has 0 aliphatic carbocycles. The van der Waals surface area contributed by atoms with Gasteiger partial charge in [0.05, 0.1) is 11.6 Å². The number of phenolic OH excluding ortho intramolecular Hbond substituents is 1. The molecule has 5 heteroatoms. The minimum absolute atomic E-state index is 0.174. The second-order valence-electron chi connectivity index (χ2n) is 4.81. The van der Waals surface area contributed by atoms with Crippen LogP contribution in [-0.2, 0) is 0 Å². The predicted molar refractivity (Wildman–Crippen MR) is 82.7 cm³/mol. The fourth-order valence-electron chi connectivity index (χ4n) is 2.00. The van der Waals surface area contributed by atoms with Crippen molar-refractivity contribution in [2.75, 3.05) is 7.05 Å². The molecule has 0 aliphatic heterocycles. The zero-order valence-corrected chi connectivity index (χ0v) is 13.3. The average Bonchev–Trinajstić information content (AvgIpc) is 2.48. The number of carbonyl (C=O) groups excluding carboxylic acids is 1. The number of halogens is 2. The van der Waals surface area contributed by atoms with Crippen LogP contribution in [0.1, 0.15) is 28.9 Å². The second-order valence-corrected chi connectivity index (χ2v) is 5.66. The Balaban J connectivity index is 2.26. The van der Waals surface area contributed by atoms with Gasteiger partial charge in [0, 0.05) is 11.5 Å². The van der Waals surface area contributed by atoms with E-state index in [2.05, 4.69) is 15.9 Å². The summed E-state index contributed by atoms with van der Waals surface area (Å²) in [6.07, 6.45) is 0. The molecule has 1 N–H and O–H groups in total. The number of aromatic hydroxyl groups is 1. The first-order chi connectivity index (χ1) is 9.90. The van der Waals surface area contributed by atoms with Gasteiger partial charge in [0.15, 0.2) is 0 Å². The number of carbonyl (C=O) groups is 1. The molecular weight excluding hydrogens is 337 g/mol. The summed E-state index contributed by atoms with van der Waals surface area (Å²) in [7, 11) is 1.66. The van der Waals surface area contributed by atoms with Gasteiger partial charge in [-0.3, -0.25) is 4.79 Å². The maximum Gasteiger partial charge on any atom is 0.255 e. The Hall–Kier alpha value is -1.88. The van der Waals surface area contributed by atoms with Gasteiger partial charge in [-0.25, -0.2) is 4.39 Å². The SMILES string of the molecule is CC(c1ccc(O)cc1)N(C)C(=O)c1cc(F)ccc1Br. The summed E-state index contributed by atoms with van der Waals surface area (Å²) in [6.45, 7) is 1.87. The highest BCUT2D eigenvalue weighted by atomic mass is 79.9. The van der Waals surface area contributed by atoms with Crippen molar-refractivity contribution in [2.45, 2.75) is 13.0 Å². The molecule has 0 saturated heterocycles. The molecule has 1 amide bonds. The van der Waals surface area contributed by atoms with Crippen LogP contribution < -0.4 is 0 Å². The van der Waals surface area contributed by atoms with Crippen LogP contribution in [0.15, 0.2) is 46.9 Å². The van der Waals surface area contributed by atoms with Gasteiger partial charge >= 0.3 is 0 Å². The lowest BCUT2D eigenvalue weighted by atomic mass is 10.1.